The molecule has 5 nitrogen and oxygen atoms in total. The molecule has 0 aliphatic carbocycles. The third-order valence-electron chi connectivity index (χ3n) is 4.36. The minimum absolute atomic E-state index is 0.0262. The maximum absolute atomic E-state index is 13.8. The molecule has 0 unspecified atom stereocenters. The van der Waals surface area contributed by atoms with Crippen molar-refractivity contribution in [2.45, 2.75) is 13.2 Å². The maximum atomic E-state index is 13.8. The number of nitrogens with one attached hydrogen (secondary N) is 1. The molecule has 3 rings (SSSR count). The SMILES string of the molecule is COc1cc(CNc2ccc(C(=O)O)c(Cl)c2)c(Cl)cc1OCc1ccccc1F. The summed E-state index contributed by atoms with van der Waals surface area (Å²) in [6, 6.07) is 14.3. The fourth-order valence-electron chi connectivity index (χ4n) is 2.75. The number of ether oxygens (including phenoxy) is 2. The molecular weight excluding hydrogens is 432 g/mol. The van der Waals surface area contributed by atoms with E-state index in [1.165, 1.54) is 25.3 Å². The maximum Gasteiger partial charge on any atom is 0.337 e. The lowest BCUT2D eigenvalue weighted by Crippen LogP contribution is -2.04. The molecule has 2 N–H and O–H groups in total. The van der Waals surface area contributed by atoms with Crippen LogP contribution in [0.3, 0.4) is 0 Å². The van der Waals surface area contributed by atoms with E-state index in [9.17, 15) is 9.18 Å². The van der Waals surface area contributed by atoms with Gasteiger partial charge in [0.25, 0.3) is 0 Å². The zero-order chi connectivity index (χ0) is 21.7. The molecule has 0 radical (unpaired) electrons. The Morgan fingerprint density at radius 3 is 2.47 bits per heavy atom. The minimum Gasteiger partial charge on any atom is -0.493 e. The number of hydrogen-bond acceptors (Lipinski definition) is 4. The molecule has 0 amide bonds. The summed E-state index contributed by atoms with van der Waals surface area (Å²) in [4.78, 5) is 11.1. The van der Waals surface area contributed by atoms with E-state index >= 15 is 0 Å². The van der Waals surface area contributed by atoms with Gasteiger partial charge in [-0.05, 0) is 35.9 Å². The first-order chi connectivity index (χ1) is 14.4. The fraction of sp³-hybridized carbons (Fsp3) is 0.136. The number of carboxylic acid groups (broad SMARTS) is 1. The van der Waals surface area contributed by atoms with E-state index in [1.807, 2.05) is 0 Å². The Morgan fingerprint density at radius 2 is 1.80 bits per heavy atom. The summed E-state index contributed by atoms with van der Waals surface area (Å²) in [6.07, 6.45) is 0. The van der Waals surface area contributed by atoms with Gasteiger partial charge >= 0.3 is 5.97 Å². The highest BCUT2D eigenvalue weighted by Gasteiger charge is 2.13. The summed E-state index contributed by atoms with van der Waals surface area (Å²) in [5, 5.41) is 12.7. The van der Waals surface area contributed by atoms with Crippen LogP contribution in [0.1, 0.15) is 21.5 Å². The molecule has 0 aliphatic heterocycles. The lowest BCUT2D eigenvalue weighted by molar-refractivity contribution is 0.0697. The predicted octanol–water partition coefficient (Wildman–Crippen LogP) is 6.03. The van der Waals surface area contributed by atoms with Crippen molar-refractivity contribution in [1.29, 1.82) is 0 Å². The van der Waals surface area contributed by atoms with Crippen LogP contribution in [0.15, 0.2) is 54.6 Å². The van der Waals surface area contributed by atoms with Crippen LogP contribution in [0.4, 0.5) is 10.1 Å². The Labute approximate surface area is 183 Å². The first kappa shape index (κ1) is 21.7. The number of hydrogen-bond donors (Lipinski definition) is 2. The zero-order valence-corrected chi connectivity index (χ0v) is 17.4. The first-order valence-corrected chi connectivity index (χ1v) is 9.64. The minimum atomic E-state index is -1.09. The molecule has 0 bridgehead atoms. The molecule has 0 saturated carbocycles. The van der Waals surface area contributed by atoms with Crippen LogP contribution in [0.2, 0.25) is 10.0 Å². The molecule has 156 valence electrons. The molecule has 0 aromatic heterocycles. The lowest BCUT2D eigenvalue weighted by atomic mass is 10.1. The number of halogens is 3. The number of aromatic carboxylic acids is 1. The third kappa shape index (κ3) is 5.14. The number of anilines is 1. The number of carbonyl (C=O) groups is 1. The van der Waals surface area contributed by atoms with Gasteiger partial charge in [-0.1, -0.05) is 41.4 Å². The summed E-state index contributed by atoms with van der Waals surface area (Å²) in [5.41, 5.74) is 1.81. The van der Waals surface area contributed by atoms with Gasteiger partial charge in [0.05, 0.1) is 17.7 Å². The monoisotopic (exact) mass is 449 g/mol. The fourth-order valence-corrected chi connectivity index (χ4v) is 3.23. The Balaban J connectivity index is 1.73. The molecule has 0 heterocycles. The Morgan fingerprint density at radius 1 is 1.03 bits per heavy atom. The zero-order valence-electron chi connectivity index (χ0n) is 15.9. The lowest BCUT2D eigenvalue weighted by Gasteiger charge is -2.15. The van der Waals surface area contributed by atoms with E-state index < -0.39 is 5.97 Å². The first-order valence-electron chi connectivity index (χ1n) is 8.88. The summed E-state index contributed by atoms with van der Waals surface area (Å²) >= 11 is 12.4. The number of rotatable bonds is 8. The van der Waals surface area contributed by atoms with E-state index in [1.54, 1.807) is 36.4 Å². The predicted molar refractivity (Wildman–Crippen MR) is 114 cm³/mol. The van der Waals surface area contributed by atoms with Gasteiger partial charge in [-0.2, -0.15) is 0 Å². The van der Waals surface area contributed by atoms with Crippen molar-refractivity contribution in [2.24, 2.45) is 0 Å². The topological polar surface area (TPSA) is 67.8 Å². The molecule has 0 aliphatic rings. The third-order valence-corrected chi connectivity index (χ3v) is 5.02. The summed E-state index contributed by atoms with van der Waals surface area (Å²) in [7, 11) is 1.50. The van der Waals surface area contributed by atoms with Gasteiger partial charge < -0.3 is 19.9 Å². The highest BCUT2D eigenvalue weighted by Crippen LogP contribution is 2.34. The second kappa shape index (κ2) is 9.69. The molecule has 0 saturated heterocycles. The standard InChI is InChI=1S/C22H18Cl2FNO4/c1-29-20-8-14(11-26-15-6-7-16(22(27)28)18(24)9-15)17(23)10-21(20)30-12-13-4-2-3-5-19(13)25/h2-10,26H,11-12H2,1H3,(H,27,28). The smallest absolute Gasteiger partial charge is 0.337 e. The number of carboxylic acids is 1. The highest BCUT2D eigenvalue weighted by molar-refractivity contribution is 6.33. The second-order valence-electron chi connectivity index (χ2n) is 6.33. The van der Waals surface area contributed by atoms with Crippen LogP contribution in [0.5, 0.6) is 11.5 Å². The van der Waals surface area contributed by atoms with Crippen LogP contribution in [-0.2, 0) is 13.2 Å². The van der Waals surface area contributed by atoms with Crippen LogP contribution >= 0.6 is 23.2 Å². The van der Waals surface area contributed by atoms with Crippen molar-refractivity contribution in [2.75, 3.05) is 12.4 Å². The van der Waals surface area contributed by atoms with E-state index in [0.717, 1.165) is 5.56 Å². The van der Waals surface area contributed by atoms with E-state index in [-0.39, 0.29) is 23.0 Å². The Kier molecular flexibility index (Phi) is 7.03. The molecule has 0 atom stereocenters. The van der Waals surface area contributed by atoms with Gasteiger partial charge in [-0.3, -0.25) is 0 Å². The molecule has 8 heteroatoms. The Bertz CT molecular complexity index is 1070. The van der Waals surface area contributed by atoms with Gasteiger partial charge in [0.1, 0.15) is 12.4 Å². The molecule has 0 spiro atoms. The van der Waals surface area contributed by atoms with Crippen LogP contribution in [0.25, 0.3) is 0 Å². The average molecular weight is 450 g/mol. The van der Waals surface area contributed by atoms with Crippen LogP contribution in [0, 0.1) is 5.82 Å². The normalized spacial score (nSPS) is 10.5. The molecule has 3 aromatic carbocycles. The molecule has 30 heavy (non-hydrogen) atoms. The van der Waals surface area contributed by atoms with Crippen molar-refractivity contribution in [1.82, 2.24) is 0 Å². The highest BCUT2D eigenvalue weighted by atomic mass is 35.5. The number of benzene rings is 3. The van der Waals surface area contributed by atoms with Crippen molar-refractivity contribution < 1.29 is 23.8 Å². The van der Waals surface area contributed by atoms with Gasteiger partial charge in [0.2, 0.25) is 0 Å². The van der Waals surface area contributed by atoms with Gasteiger partial charge in [-0.15, -0.1) is 0 Å². The molecule has 3 aromatic rings. The Hall–Kier alpha value is -2.96. The van der Waals surface area contributed by atoms with Crippen LogP contribution in [-0.4, -0.2) is 18.2 Å². The van der Waals surface area contributed by atoms with E-state index in [4.69, 9.17) is 37.8 Å². The van der Waals surface area contributed by atoms with Crippen molar-refractivity contribution >= 4 is 34.9 Å². The van der Waals surface area contributed by atoms with Gasteiger partial charge in [0, 0.05) is 28.9 Å². The van der Waals surface area contributed by atoms with E-state index in [2.05, 4.69) is 5.32 Å². The van der Waals surface area contributed by atoms with Crippen LogP contribution < -0.4 is 14.8 Å². The largest absolute Gasteiger partial charge is 0.493 e. The molecular formula is C22H18Cl2FNO4. The second-order valence-corrected chi connectivity index (χ2v) is 7.14. The van der Waals surface area contributed by atoms with Gasteiger partial charge in [0.15, 0.2) is 11.5 Å². The van der Waals surface area contributed by atoms with Gasteiger partial charge in [-0.25, -0.2) is 9.18 Å². The quantitative estimate of drug-likeness (QED) is 0.439. The van der Waals surface area contributed by atoms with Crippen molar-refractivity contribution in [3.8, 4) is 11.5 Å². The van der Waals surface area contributed by atoms with E-state index in [0.29, 0.717) is 34.3 Å². The summed E-state index contributed by atoms with van der Waals surface area (Å²) in [5.74, 6) is -0.601. The average Bonchev–Trinajstić information content (AvgIpc) is 2.72. The van der Waals surface area contributed by atoms with Crippen molar-refractivity contribution in [3.63, 3.8) is 0 Å². The number of methoxy groups -OCH3 is 1. The summed E-state index contributed by atoms with van der Waals surface area (Å²) in [6.45, 7) is 0.372. The summed E-state index contributed by atoms with van der Waals surface area (Å²) < 4.78 is 24.9. The molecule has 0 fully saturated rings. The van der Waals surface area contributed by atoms with Crippen molar-refractivity contribution in [3.05, 3.63) is 87.2 Å².